The first-order valence-corrected chi connectivity index (χ1v) is 9.44. The highest BCUT2D eigenvalue weighted by Gasteiger charge is 2.17. The van der Waals surface area contributed by atoms with Gasteiger partial charge in [0.1, 0.15) is 11.0 Å². The first-order chi connectivity index (χ1) is 13.2. The van der Waals surface area contributed by atoms with E-state index in [1.165, 1.54) is 11.8 Å². The van der Waals surface area contributed by atoms with Gasteiger partial charge in [0.05, 0.1) is 17.5 Å². The number of H-pyrrole nitrogens is 1. The summed E-state index contributed by atoms with van der Waals surface area (Å²) < 4.78 is 1.56. The molecule has 4 aromatic rings. The molecule has 6 heteroatoms. The molecule has 5 nitrogen and oxygen atoms in total. The lowest BCUT2D eigenvalue weighted by Gasteiger charge is -2.12. The molecule has 0 saturated carbocycles. The van der Waals surface area contributed by atoms with Gasteiger partial charge in [0.25, 0.3) is 5.56 Å². The highest BCUT2D eigenvalue weighted by molar-refractivity contribution is 7.99. The van der Waals surface area contributed by atoms with Gasteiger partial charge < -0.3 is 4.98 Å². The Kier molecular flexibility index (Phi) is 4.53. The highest BCUT2D eigenvalue weighted by Crippen LogP contribution is 2.28. The zero-order chi connectivity index (χ0) is 18.8. The quantitative estimate of drug-likeness (QED) is 0.428. The Balaban J connectivity index is 1.98. The average molecular weight is 372 g/mol. The smallest absolute Gasteiger partial charge is 0.283 e. The molecule has 27 heavy (non-hydrogen) atoms. The lowest BCUT2D eigenvalue weighted by atomic mass is 10.1. The minimum atomic E-state index is -0.175. The summed E-state index contributed by atoms with van der Waals surface area (Å²) >= 11 is 1.26. The Hall–Kier alpha value is -3.30. The van der Waals surface area contributed by atoms with Crippen LogP contribution in [0.2, 0.25) is 0 Å². The third kappa shape index (κ3) is 3.14. The monoisotopic (exact) mass is 372 g/mol. The zero-order valence-electron chi connectivity index (χ0n) is 14.6. The summed E-state index contributed by atoms with van der Waals surface area (Å²) in [5.74, 6) is 0.217. The van der Waals surface area contributed by atoms with E-state index in [0.717, 1.165) is 22.4 Å². The number of benzene rings is 2. The van der Waals surface area contributed by atoms with Gasteiger partial charge in [-0.3, -0.25) is 9.36 Å². The van der Waals surface area contributed by atoms with E-state index in [9.17, 15) is 4.79 Å². The van der Waals surface area contributed by atoms with Gasteiger partial charge in [0.15, 0.2) is 5.16 Å². The molecule has 0 bridgehead atoms. The van der Waals surface area contributed by atoms with Gasteiger partial charge in [0, 0.05) is 11.8 Å². The SMILES string of the molecule is Cc1ccc(-n2c(SCC#N)nc3c(-c4ccccc4)c[nH]c3c2=O)cc1. The molecular formula is C21H16N4OS. The fourth-order valence-electron chi connectivity index (χ4n) is 2.99. The largest absolute Gasteiger partial charge is 0.355 e. The molecule has 0 aliphatic carbocycles. The third-order valence-electron chi connectivity index (χ3n) is 4.31. The number of aromatic nitrogens is 3. The van der Waals surface area contributed by atoms with Gasteiger partial charge in [-0.05, 0) is 24.6 Å². The van der Waals surface area contributed by atoms with Gasteiger partial charge in [-0.15, -0.1) is 0 Å². The van der Waals surface area contributed by atoms with Crippen LogP contribution in [0.3, 0.4) is 0 Å². The van der Waals surface area contributed by atoms with Gasteiger partial charge in [-0.2, -0.15) is 5.26 Å². The Bertz CT molecular complexity index is 1200. The zero-order valence-corrected chi connectivity index (χ0v) is 15.5. The van der Waals surface area contributed by atoms with Crippen molar-refractivity contribution in [2.45, 2.75) is 12.1 Å². The van der Waals surface area contributed by atoms with Crippen LogP contribution in [0.4, 0.5) is 0 Å². The number of aryl methyl sites for hydroxylation is 1. The predicted octanol–water partition coefficient (Wildman–Crippen LogP) is 4.30. The molecule has 0 saturated heterocycles. The van der Waals surface area contributed by atoms with Crippen LogP contribution >= 0.6 is 11.8 Å². The molecule has 0 amide bonds. The fourth-order valence-corrected chi connectivity index (χ4v) is 3.66. The van der Waals surface area contributed by atoms with Crippen molar-refractivity contribution < 1.29 is 0 Å². The van der Waals surface area contributed by atoms with Gasteiger partial charge in [-0.1, -0.05) is 59.8 Å². The number of nitrogens with one attached hydrogen (secondary N) is 1. The van der Waals surface area contributed by atoms with Gasteiger partial charge in [0.2, 0.25) is 0 Å². The minimum absolute atomic E-state index is 0.175. The summed E-state index contributed by atoms with van der Waals surface area (Å²) in [4.78, 5) is 21.1. The van der Waals surface area contributed by atoms with E-state index in [2.05, 4.69) is 11.1 Å². The van der Waals surface area contributed by atoms with Crippen molar-refractivity contribution in [2.24, 2.45) is 0 Å². The molecule has 0 aliphatic rings. The minimum Gasteiger partial charge on any atom is -0.355 e. The number of hydrogen-bond acceptors (Lipinski definition) is 4. The predicted molar refractivity (Wildman–Crippen MR) is 108 cm³/mol. The maximum absolute atomic E-state index is 13.2. The molecule has 0 spiro atoms. The summed E-state index contributed by atoms with van der Waals surface area (Å²) in [6, 6.07) is 19.6. The summed E-state index contributed by atoms with van der Waals surface area (Å²) in [6.45, 7) is 2.00. The standard InChI is InChI=1S/C21H16N4OS/c1-14-7-9-16(10-8-14)25-20(26)19-18(24-21(25)27-12-11-22)17(13-23-19)15-5-3-2-4-6-15/h2-10,13,23H,12H2,1H3. The van der Waals surface area contributed by atoms with Crippen LogP contribution in [0.1, 0.15) is 5.56 Å². The average Bonchev–Trinajstić information content (AvgIpc) is 3.12. The number of aromatic amines is 1. The molecule has 0 atom stereocenters. The molecule has 0 fully saturated rings. The summed E-state index contributed by atoms with van der Waals surface area (Å²) in [6.07, 6.45) is 1.81. The lowest BCUT2D eigenvalue weighted by molar-refractivity contribution is 0.819. The summed E-state index contributed by atoms with van der Waals surface area (Å²) in [5, 5.41) is 9.52. The van der Waals surface area contributed by atoms with Crippen LogP contribution in [0.5, 0.6) is 0 Å². The van der Waals surface area contributed by atoms with Crippen LogP contribution in [-0.2, 0) is 0 Å². The second-order valence-corrected chi connectivity index (χ2v) is 7.05. The number of fused-ring (bicyclic) bond motifs is 1. The van der Waals surface area contributed by atoms with E-state index in [0.29, 0.717) is 16.2 Å². The third-order valence-corrected chi connectivity index (χ3v) is 5.12. The first kappa shape index (κ1) is 17.1. The Morgan fingerprint density at radius 3 is 2.59 bits per heavy atom. The van der Waals surface area contributed by atoms with Crippen molar-refractivity contribution in [3.05, 3.63) is 76.7 Å². The van der Waals surface area contributed by atoms with E-state index >= 15 is 0 Å². The highest BCUT2D eigenvalue weighted by atomic mass is 32.2. The van der Waals surface area contributed by atoms with E-state index in [-0.39, 0.29) is 11.3 Å². The van der Waals surface area contributed by atoms with Crippen molar-refractivity contribution >= 4 is 22.8 Å². The van der Waals surface area contributed by atoms with Crippen LogP contribution in [0.15, 0.2) is 70.7 Å². The second-order valence-electron chi connectivity index (χ2n) is 6.11. The fraction of sp³-hybridized carbons (Fsp3) is 0.0952. The molecule has 132 valence electrons. The van der Waals surface area contributed by atoms with Crippen molar-refractivity contribution in [1.82, 2.24) is 14.5 Å². The number of rotatable bonds is 4. The van der Waals surface area contributed by atoms with E-state index < -0.39 is 0 Å². The molecule has 0 aliphatic heterocycles. The van der Waals surface area contributed by atoms with Crippen molar-refractivity contribution in [2.75, 3.05) is 5.75 Å². The molecule has 2 aromatic carbocycles. The van der Waals surface area contributed by atoms with E-state index in [4.69, 9.17) is 10.2 Å². The molecular weight excluding hydrogens is 356 g/mol. The molecule has 1 N–H and O–H groups in total. The molecule has 2 aromatic heterocycles. The van der Waals surface area contributed by atoms with E-state index in [1.807, 2.05) is 67.7 Å². The topological polar surface area (TPSA) is 74.5 Å². The van der Waals surface area contributed by atoms with Crippen molar-refractivity contribution in [1.29, 1.82) is 5.26 Å². The maximum Gasteiger partial charge on any atom is 0.283 e. The Labute approximate surface area is 160 Å². The van der Waals surface area contributed by atoms with Crippen molar-refractivity contribution in [3.63, 3.8) is 0 Å². The number of nitrogens with zero attached hydrogens (tertiary/aromatic N) is 3. The van der Waals surface area contributed by atoms with Crippen LogP contribution < -0.4 is 5.56 Å². The second kappa shape index (κ2) is 7.14. The van der Waals surface area contributed by atoms with Crippen LogP contribution in [-0.4, -0.2) is 20.3 Å². The van der Waals surface area contributed by atoms with Crippen molar-refractivity contribution in [3.8, 4) is 22.9 Å². The Morgan fingerprint density at radius 1 is 1.15 bits per heavy atom. The first-order valence-electron chi connectivity index (χ1n) is 8.45. The normalized spacial score (nSPS) is 10.8. The summed E-state index contributed by atoms with van der Waals surface area (Å²) in [7, 11) is 0. The number of nitriles is 1. The van der Waals surface area contributed by atoms with Gasteiger partial charge >= 0.3 is 0 Å². The van der Waals surface area contributed by atoms with Gasteiger partial charge in [-0.25, -0.2) is 4.98 Å². The summed E-state index contributed by atoms with van der Waals surface area (Å²) in [5.41, 5.74) is 4.60. The van der Waals surface area contributed by atoms with Crippen LogP contribution in [0.25, 0.3) is 27.8 Å². The number of thioether (sulfide) groups is 1. The van der Waals surface area contributed by atoms with E-state index in [1.54, 1.807) is 4.57 Å². The molecule has 2 heterocycles. The maximum atomic E-state index is 13.2. The molecule has 0 unspecified atom stereocenters. The van der Waals surface area contributed by atoms with Crippen LogP contribution in [0, 0.1) is 18.3 Å². The Morgan fingerprint density at radius 2 is 1.89 bits per heavy atom. The molecule has 4 rings (SSSR count). The lowest BCUT2D eigenvalue weighted by Crippen LogP contribution is -2.21. The molecule has 0 radical (unpaired) electrons. The number of hydrogen-bond donors (Lipinski definition) is 1.